The third-order valence-electron chi connectivity index (χ3n) is 5.05. The summed E-state index contributed by atoms with van der Waals surface area (Å²) in [4.78, 5) is 2.43. The van der Waals surface area contributed by atoms with Gasteiger partial charge in [0.05, 0.1) is 11.7 Å². The molecule has 2 bridgehead atoms. The Bertz CT molecular complexity index is 1030. The maximum absolute atomic E-state index is 2.43. The van der Waals surface area contributed by atoms with Gasteiger partial charge in [0.1, 0.15) is 0 Å². The lowest BCUT2D eigenvalue weighted by Crippen LogP contribution is -2.31. The average Bonchev–Trinajstić information content (AvgIpc) is 2.92. The van der Waals surface area contributed by atoms with Crippen LogP contribution in [-0.4, -0.2) is 6.04 Å². The lowest BCUT2D eigenvalue weighted by molar-refractivity contribution is 0.932. The number of anilines is 2. The zero-order valence-corrected chi connectivity index (χ0v) is 14.4. The van der Waals surface area contributed by atoms with Crippen LogP contribution < -0.4 is 4.90 Å². The molecule has 1 heterocycles. The standard InChI is InChI=1S/C25H19N/c1-3-10-19(11-4-1)23-16-9-17-24-25(23)20-12-7-8-15-22(18-20)26(24)21-13-5-2-6-14-21/h1-18,22H. The molecule has 0 amide bonds. The number of fused-ring (bicyclic) bond motifs is 3. The first-order valence-electron chi connectivity index (χ1n) is 9.01. The van der Waals surface area contributed by atoms with Gasteiger partial charge in [-0.15, -0.1) is 0 Å². The van der Waals surface area contributed by atoms with Crippen molar-refractivity contribution in [1.82, 2.24) is 0 Å². The van der Waals surface area contributed by atoms with Crippen LogP contribution in [0, 0.1) is 0 Å². The van der Waals surface area contributed by atoms with E-state index >= 15 is 0 Å². The van der Waals surface area contributed by atoms with Crippen LogP contribution >= 0.6 is 0 Å². The number of hydrogen-bond donors (Lipinski definition) is 0. The highest BCUT2D eigenvalue weighted by Gasteiger charge is 2.28. The number of benzene rings is 3. The third kappa shape index (κ3) is 2.41. The first kappa shape index (κ1) is 15.0. The third-order valence-corrected chi connectivity index (χ3v) is 5.05. The van der Waals surface area contributed by atoms with Crippen LogP contribution in [0.3, 0.4) is 0 Å². The summed E-state index contributed by atoms with van der Waals surface area (Å²) in [5.74, 6) is 0. The Morgan fingerprint density at radius 1 is 0.692 bits per heavy atom. The summed E-state index contributed by atoms with van der Waals surface area (Å²) >= 11 is 0. The van der Waals surface area contributed by atoms with Gasteiger partial charge in [-0.2, -0.15) is 0 Å². The minimum absolute atomic E-state index is 0.223. The van der Waals surface area contributed by atoms with Crippen LogP contribution in [0.1, 0.15) is 5.56 Å². The lowest BCUT2D eigenvalue weighted by Gasteiger charge is -2.36. The van der Waals surface area contributed by atoms with E-state index in [9.17, 15) is 0 Å². The molecule has 0 N–H and O–H groups in total. The topological polar surface area (TPSA) is 3.24 Å². The summed E-state index contributed by atoms with van der Waals surface area (Å²) in [6.07, 6.45) is 11.1. The van der Waals surface area contributed by atoms with Crippen molar-refractivity contribution in [2.75, 3.05) is 4.90 Å². The van der Waals surface area contributed by atoms with E-state index in [-0.39, 0.29) is 6.04 Å². The van der Waals surface area contributed by atoms with E-state index in [1.54, 1.807) is 0 Å². The first-order chi connectivity index (χ1) is 12.9. The molecule has 1 aliphatic carbocycles. The normalized spacial score (nSPS) is 17.5. The maximum Gasteiger partial charge on any atom is 0.0718 e. The molecule has 1 atom stereocenters. The molecule has 26 heavy (non-hydrogen) atoms. The van der Waals surface area contributed by atoms with Crippen molar-refractivity contribution in [3.63, 3.8) is 0 Å². The van der Waals surface area contributed by atoms with Gasteiger partial charge in [-0.1, -0.05) is 85.0 Å². The fourth-order valence-electron chi connectivity index (χ4n) is 3.92. The molecule has 0 spiro atoms. The predicted octanol–water partition coefficient (Wildman–Crippen LogP) is 6.38. The molecule has 0 saturated heterocycles. The van der Waals surface area contributed by atoms with Crippen LogP contribution in [0.25, 0.3) is 16.7 Å². The van der Waals surface area contributed by atoms with Crippen LogP contribution in [0.2, 0.25) is 0 Å². The van der Waals surface area contributed by atoms with Crippen molar-refractivity contribution in [2.24, 2.45) is 0 Å². The summed E-state index contributed by atoms with van der Waals surface area (Å²) in [6, 6.07) is 28.2. The Labute approximate surface area is 154 Å². The van der Waals surface area contributed by atoms with Gasteiger partial charge >= 0.3 is 0 Å². The highest BCUT2D eigenvalue weighted by Crippen LogP contribution is 2.45. The fourth-order valence-corrected chi connectivity index (χ4v) is 3.92. The second-order valence-electron chi connectivity index (χ2n) is 6.63. The van der Waals surface area contributed by atoms with Crippen LogP contribution in [0.15, 0.2) is 109 Å². The Hall–Kier alpha value is -3.32. The zero-order valence-electron chi connectivity index (χ0n) is 14.4. The van der Waals surface area contributed by atoms with Crippen molar-refractivity contribution in [3.8, 4) is 11.1 Å². The smallest absolute Gasteiger partial charge is 0.0718 e. The Morgan fingerprint density at radius 3 is 2.27 bits per heavy atom. The van der Waals surface area contributed by atoms with Crippen molar-refractivity contribution in [1.29, 1.82) is 0 Å². The molecule has 1 unspecified atom stereocenters. The van der Waals surface area contributed by atoms with Gasteiger partial charge in [-0.25, -0.2) is 0 Å². The quantitative estimate of drug-likeness (QED) is 0.525. The molecule has 3 aromatic carbocycles. The second-order valence-corrected chi connectivity index (χ2v) is 6.63. The fraction of sp³-hybridized carbons (Fsp3) is 0.0400. The summed E-state index contributed by atoms with van der Waals surface area (Å²) < 4.78 is 0. The van der Waals surface area contributed by atoms with E-state index in [1.807, 2.05) is 0 Å². The van der Waals surface area contributed by atoms with E-state index in [1.165, 1.54) is 33.6 Å². The molecule has 2 aliphatic rings. The van der Waals surface area contributed by atoms with Crippen molar-refractivity contribution < 1.29 is 0 Å². The Kier molecular flexibility index (Phi) is 3.57. The molecule has 1 heteroatoms. The summed E-state index contributed by atoms with van der Waals surface area (Å²) in [7, 11) is 0. The minimum atomic E-state index is 0.223. The van der Waals surface area contributed by atoms with Crippen molar-refractivity contribution in [2.45, 2.75) is 6.04 Å². The average molecular weight is 333 g/mol. The molecular formula is C25H19N. The van der Waals surface area contributed by atoms with Gasteiger partial charge in [0.2, 0.25) is 0 Å². The highest BCUT2D eigenvalue weighted by molar-refractivity contribution is 5.97. The van der Waals surface area contributed by atoms with Crippen molar-refractivity contribution >= 4 is 16.9 Å². The zero-order chi connectivity index (χ0) is 17.3. The van der Waals surface area contributed by atoms with Gasteiger partial charge in [0, 0.05) is 11.3 Å². The van der Waals surface area contributed by atoms with Gasteiger partial charge < -0.3 is 4.90 Å². The van der Waals surface area contributed by atoms with E-state index in [2.05, 4.69) is 114 Å². The van der Waals surface area contributed by atoms with Gasteiger partial charge in [0.15, 0.2) is 0 Å². The summed E-state index contributed by atoms with van der Waals surface area (Å²) in [5, 5.41) is 0. The summed E-state index contributed by atoms with van der Waals surface area (Å²) in [6.45, 7) is 0. The number of rotatable bonds is 2. The van der Waals surface area contributed by atoms with Gasteiger partial charge in [-0.05, 0) is 41.0 Å². The number of allylic oxidation sites excluding steroid dienone is 4. The highest BCUT2D eigenvalue weighted by atomic mass is 15.2. The molecule has 0 radical (unpaired) electrons. The van der Waals surface area contributed by atoms with E-state index < -0.39 is 0 Å². The van der Waals surface area contributed by atoms with Gasteiger partial charge in [0.25, 0.3) is 0 Å². The van der Waals surface area contributed by atoms with Crippen LogP contribution in [-0.2, 0) is 0 Å². The van der Waals surface area contributed by atoms with Gasteiger partial charge in [-0.3, -0.25) is 0 Å². The van der Waals surface area contributed by atoms with Crippen molar-refractivity contribution in [3.05, 3.63) is 115 Å². The molecule has 3 aromatic rings. The molecular weight excluding hydrogens is 314 g/mol. The molecule has 0 saturated carbocycles. The molecule has 0 fully saturated rings. The van der Waals surface area contributed by atoms with E-state index in [0.29, 0.717) is 0 Å². The number of para-hydroxylation sites is 1. The Balaban J connectivity index is 1.78. The first-order valence-corrected chi connectivity index (χ1v) is 9.01. The largest absolute Gasteiger partial charge is 0.330 e. The summed E-state index contributed by atoms with van der Waals surface area (Å²) in [5.41, 5.74) is 7.60. The molecule has 1 nitrogen and oxygen atoms in total. The second kappa shape index (κ2) is 6.20. The molecule has 1 aliphatic heterocycles. The Morgan fingerprint density at radius 2 is 1.46 bits per heavy atom. The molecule has 124 valence electrons. The number of nitrogens with zero attached hydrogens (tertiary/aromatic N) is 1. The monoisotopic (exact) mass is 333 g/mol. The maximum atomic E-state index is 2.43. The van der Waals surface area contributed by atoms with Crippen LogP contribution in [0.4, 0.5) is 11.4 Å². The van der Waals surface area contributed by atoms with E-state index in [0.717, 1.165) is 0 Å². The number of hydrogen-bond acceptors (Lipinski definition) is 1. The lowest BCUT2D eigenvalue weighted by atomic mass is 9.88. The SMILES string of the molecule is C1=CC2=CC(C=C1)N(c1ccccc1)c1cccc(-c3ccccc3)c12. The molecule has 5 rings (SSSR count). The van der Waals surface area contributed by atoms with Crippen LogP contribution in [0.5, 0.6) is 0 Å². The van der Waals surface area contributed by atoms with E-state index in [4.69, 9.17) is 0 Å². The predicted molar refractivity (Wildman–Crippen MR) is 111 cm³/mol. The minimum Gasteiger partial charge on any atom is -0.330 e. The molecule has 0 aromatic heterocycles.